The van der Waals surface area contributed by atoms with Gasteiger partial charge in [0.1, 0.15) is 11.6 Å². The third-order valence-corrected chi connectivity index (χ3v) is 3.89. The van der Waals surface area contributed by atoms with E-state index in [1.54, 1.807) is 0 Å². The molecule has 1 atom stereocenters. The summed E-state index contributed by atoms with van der Waals surface area (Å²) in [7, 11) is 0. The molecule has 0 bridgehead atoms. The van der Waals surface area contributed by atoms with Crippen molar-refractivity contribution in [1.82, 2.24) is 19.7 Å². The molecule has 0 fully saturated rings. The number of aromatic nitrogens is 3. The molecule has 0 saturated heterocycles. The molecule has 0 aromatic carbocycles. The number of nitrogens with zero attached hydrogens (tertiary/aromatic N) is 4. The van der Waals surface area contributed by atoms with E-state index in [4.69, 9.17) is 0 Å². The zero-order valence-corrected chi connectivity index (χ0v) is 13.3. The third-order valence-electron chi connectivity index (χ3n) is 3.89. The van der Waals surface area contributed by atoms with E-state index in [1.807, 2.05) is 0 Å². The molecule has 4 nitrogen and oxygen atoms in total. The van der Waals surface area contributed by atoms with Crippen molar-refractivity contribution in [3.05, 3.63) is 11.6 Å². The lowest BCUT2D eigenvalue weighted by Gasteiger charge is -2.34. The van der Waals surface area contributed by atoms with Gasteiger partial charge in [0.15, 0.2) is 0 Å². The molecule has 1 aliphatic rings. The van der Waals surface area contributed by atoms with Crippen LogP contribution < -0.4 is 0 Å². The van der Waals surface area contributed by atoms with Gasteiger partial charge in [0.05, 0.1) is 6.54 Å². The summed E-state index contributed by atoms with van der Waals surface area (Å²) >= 11 is 0. The van der Waals surface area contributed by atoms with Crippen LogP contribution in [0.3, 0.4) is 0 Å². The molecule has 1 aromatic rings. The molecule has 0 N–H and O–H groups in total. The molecule has 0 aliphatic carbocycles. The van der Waals surface area contributed by atoms with Gasteiger partial charge in [0.2, 0.25) is 0 Å². The molecule has 0 radical (unpaired) electrons. The van der Waals surface area contributed by atoms with Gasteiger partial charge in [-0.15, -0.1) is 10.2 Å². The first kappa shape index (κ1) is 14.5. The molecule has 0 spiro atoms. The Morgan fingerprint density at radius 3 is 2.37 bits per heavy atom. The van der Waals surface area contributed by atoms with E-state index in [9.17, 15) is 0 Å². The number of hydrogen-bond acceptors (Lipinski definition) is 3. The summed E-state index contributed by atoms with van der Waals surface area (Å²) < 4.78 is 2.32. The topological polar surface area (TPSA) is 34.0 Å². The molecule has 2 heterocycles. The molecule has 1 aromatic heterocycles. The van der Waals surface area contributed by atoms with E-state index in [-0.39, 0.29) is 5.41 Å². The van der Waals surface area contributed by atoms with E-state index in [0.717, 1.165) is 37.2 Å². The van der Waals surface area contributed by atoms with Crippen LogP contribution >= 0.6 is 0 Å². The second-order valence-corrected chi connectivity index (χ2v) is 7.29. The predicted octanol–water partition coefficient (Wildman–Crippen LogP) is 2.83. The van der Waals surface area contributed by atoms with Crippen molar-refractivity contribution < 1.29 is 0 Å². The molecular weight excluding hydrogens is 236 g/mol. The highest BCUT2D eigenvalue weighted by atomic mass is 15.3. The maximum absolute atomic E-state index is 4.41. The average molecular weight is 264 g/mol. The van der Waals surface area contributed by atoms with Crippen LogP contribution in [0.4, 0.5) is 0 Å². The monoisotopic (exact) mass is 264 g/mol. The van der Waals surface area contributed by atoms with Crippen LogP contribution in [0, 0.1) is 5.92 Å². The summed E-state index contributed by atoms with van der Waals surface area (Å²) in [6.45, 7) is 16.6. The SMILES string of the molecule is CC(C)CC(C)N1CCn2c(nnc2C(C)(C)C)C1. The van der Waals surface area contributed by atoms with Crippen LogP contribution in [0.15, 0.2) is 0 Å². The summed E-state index contributed by atoms with van der Waals surface area (Å²) in [4.78, 5) is 2.54. The van der Waals surface area contributed by atoms with Crippen LogP contribution in [0.5, 0.6) is 0 Å². The fourth-order valence-corrected chi connectivity index (χ4v) is 2.94. The average Bonchev–Trinajstić information content (AvgIpc) is 2.69. The van der Waals surface area contributed by atoms with E-state index < -0.39 is 0 Å². The van der Waals surface area contributed by atoms with Crippen LogP contribution in [-0.2, 0) is 18.5 Å². The molecular formula is C15H28N4. The van der Waals surface area contributed by atoms with Crippen LogP contribution in [0.2, 0.25) is 0 Å². The Bertz CT molecular complexity index is 428. The summed E-state index contributed by atoms with van der Waals surface area (Å²) in [5, 5.41) is 8.82. The molecule has 1 unspecified atom stereocenters. The van der Waals surface area contributed by atoms with Gasteiger partial charge in [-0.05, 0) is 19.3 Å². The first-order valence-corrected chi connectivity index (χ1v) is 7.45. The molecule has 0 saturated carbocycles. The second-order valence-electron chi connectivity index (χ2n) is 7.29. The zero-order chi connectivity index (χ0) is 14.2. The molecule has 2 rings (SSSR count). The minimum Gasteiger partial charge on any atom is -0.312 e. The van der Waals surface area contributed by atoms with Crippen molar-refractivity contribution in [1.29, 1.82) is 0 Å². The molecule has 0 amide bonds. The number of rotatable bonds is 3. The molecule has 1 aliphatic heterocycles. The highest BCUT2D eigenvalue weighted by molar-refractivity contribution is 5.08. The summed E-state index contributed by atoms with van der Waals surface area (Å²) in [5.41, 5.74) is 0.0803. The van der Waals surface area contributed by atoms with Crippen molar-refractivity contribution in [2.45, 2.75) is 72.5 Å². The fourth-order valence-electron chi connectivity index (χ4n) is 2.94. The minimum absolute atomic E-state index is 0.0803. The quantitative estimate of drug-likeness (QED) is 0.842. The highest BCUT2D eigenvalue weighted by Crippen LogP contribution is 2.25. The van der Waals surface area contributed by atoms with Gasteiger partial charge >= 0.3 is 0 Å². The zero-order valence-electron chi connectivity index (χ0n) is 13.3. The highest BCUT2D eigenvalue weighted by Gasteiger charge is 2.28. The molecule has 19 heavy (non-hydrogen) atoms. The third kappa shape index (κ3) is 3.16. The largest absolute Gasteiger partial charge is 0.312 e. The first-order chi connectivity index (χ1) is 8.79. The van der Waals surface area contributed by atoms with Crippen LogP contribution in [0.25, 0.3) is 0 Å². The van der Waals surface area contributed by atoms with Gasteiger partial charge in [-0.25, -0.2) is 0 Å². The Morgan fingerprint density at radius 2 is 1.79 bits per heavy atom. The Labute approximate surface area is 117 Å². The minimum atomic E-state index is 0.0803. The van der Waals surface area contributed by atoms with Gasteiger partial charge < -0.3 is 4.57 Å². The lowest BCUT2D eigenvalue weighted by molar-refractivity contribution is 0.143. The van der Waals surface area contributed by atoms with Crippen molar-refractivity contribution in [2.75, 3.05) is 6.54 Å². The Morgan fingerprint density at radius 1 is 1.11 bits per heavy atom. The van der Waals surface area contributed by atoms with Gasteiger partial charge in [-0.1, -0.05) is 34.6 Å². The normalized spacial score (nSPS) is 18.7. The molecule has 4 heteroatoms. The maximum atomic E-state index is 4.41. The van der Waals surface area contributed by atoms with E-state index in [0.29, 0.717) is 6.04 Å². The van der Waals surface area contributed by atoms with E-state index >= 15 is 0 Å². The van der Waals surface area contributed by atoms with Crippen molar-refractivity contribution in [3.63, 3.8) is 0 Å². The predicted molar refractivity (Wildman–Crippen MR) is 78.0 cm³/mol. The first-order valence-electron chi connectivity index (χ1n) is 7.45. The van der Waals surface area contributed by atoms with Crippen LogP contribution in [0.1, 0.15) is 59.6 Å². The second kappa shape index (κ2) is 5.23. The van der Waals surface area contributed by atoms with E-state index in [1.165, 1.54) is 6.42 Å². The van der Waals surface area contributed by atoms with Gasteiger partial charge in [-0.3, -0.25) is 4.90 Å². The van der Waals surface area contributed by atoms with Crippen molar-refractivity contribution in [3.8, 4) is 0 Å². The van der Waals surface area contributed by atoms with Gasteiger partial charge in [-0.2, -0.15) is 0 Å². The Hall–Kier alpha value is -0.900. The maximum Gasteiger partial charge on any atom is 0.147 e. The summed E-state index contributed by atoms with van der Waals surface area (Å²) in [6.07, 6.45) is 1.25. The summed E-state index contributed by atoms with van der Waals surface area (Å²) in [5.74, 6) is 3.00. The number of hydrogen-bond donors (Lipinski definition) is 0. The smallest absolute Gasteiger partial charge is 0.147 e. The fraction of sp³-hybridized carbons (Fsp3) is 0.867. The summed E-state index contributed by atoms with van der Waals surface area (Å²) in [6, 6.07) is 0.628. The number of fused-ring (bicyclic) bond motifs is 1. The Kier molecular flexibility index (Phi) is 4.00. The lowest BCUT2D eigenvalue weighted by Crippen LogP contribution is -2.41. The standard InChI is InChI=1S/C15H28N4/c1-11(2)9-12(3)18-7-8-19-13(10-18)16-17-14(19)15(4,5)6/h11-12H,7-10H2,1-6H3. The van der Waals surface area contributed by atoms with Crippen LogP contribution in [-0.4, -0.2) is 32.3 Å². The lowest BCUT2D eigenvalue weighted by atomic mass is 9.95. The van der Waals surface area contributed by atoms with E-state index in [2.05, 4.69) is 61.2 Å². The Balaban J connectivity index is 2.11. The van der Waals surface area contributed by atoms with Crippen molar-refractivity contribution in [2.24, 2.45) is 5.92 Å². The van der Waals surface area contributed by atoms with Crippen molar-refractivity contribution >= 4 is 0 Å². The van der Waals surface area contributed by atoms with Gasteiger partial charge in [0.25, 0.3) is 0 Å². The molecule has 108 valence electrons. The van der Waals surface area contributed by atoms with Gasteiger partial charge in [0, 0.05) is 24.5 Å².